The molecule has 13 heteroatoms. The van der Waals surface area contributed by atoms with E-state index in [0.29, 0.717) is 40.8 Å². The molecule has 0 aromatic heterocycles. The van der Waals surface area contributed by atoms with E-state index in [1.165, 1.54) is 50.2 Å². The number of halogens is 3. The number of hydrogen-bond acceptors (Lipinski definition) is 8. The van der Waals surface area contributed by atoms with E-state index in [-0.39, 0.29) is 22.7 Å². The standard InChI is InChI=1S/C19H18FNO3.C12H14FNO2.C7H5ClO.C7H6O2/c1-24-19(23)15-8-5-9-16(17(15)20)21(12-13-10-11-13)18(22)14-6-3-2-4-7-14;1-16-12(15)9-3-2-4-10(11(9)13)14-7-8-5-6-8;2*8-7(9)6-4-2-1-3-5-6/h2-9,13H,10-12H2,1H3;2-4,8,14H,5-7H2,1H3;1-5H;1-5H,(H,8,9). The second kappa shape index (κ2) is 22.4. The molecule has 0 saturated heterocycles. The molecule has 5 aromatic carbocycles. The number of hydrogen-bond donors (Lipinski definition) is 2. The van der Waals surface area contributed by atoms with E-state index in [1.807, 2.05) is 12.1 Å². The van der Waals surface area contributed by atoms with E-state index in [0.717, 1.165) is 19.4 Å². The van der Waals surface area contributed by atoms with Crippen molar-refractivity contribution in [2.24, 2.45) is 11.8 Å². The topological polar surface area (TPSA) is 139 Å². The van der Waals surface area contributed by atoms with Gasteiger partial charge < -0.3 is 24.8 Å². The van der Waals surface area contributed by atoms with Crippen molar-refractivity contribution < 1.29 is 47.3 Å². The molecule has 2 fully saturated rings. The lowest BCUT2D eigenvalue weighted by molar-refractivity contribution is 0.0586. The first kappa shape index (κ1) is 44.3. The molecule has 2 saturated carbocycles. The van der Waals surface area contributed by atoms with E-state index >= 15 is 0 Å². The van der Waals surface area contributed by atoms with E-state index < -0.39 is 34.8 Å². The number of carboxylic acids is 1. The minimum absolute atomic E-state index is 0.0247. The fourth-order valence-electron chi connectivity index (χ4n) is 5.24. The molecule has 1 amide bonds. The Morgan fingerprint density at radius 1 is 0.638 bits per heavy atom. The first-order valence-electron chi connectivity index (χ1n) is 18.3. The van der Waals surface area contributed by atoms with Crippen molar-refractivity contribution in [3.05, 3.63) is 167 Å². The second-order valence-corrected chi connectivity index (χ2v) is 13.5. The van der Waals surface area contributed by atoms with E-state index in [2.05, 4.69) is 14.8 Å². The van der Waals surface area contributed by atoms with Crippen LogP contribution in [0.25, 0.3) is 0 Å². The number of amides is 1. The molecule has 5 aromatic rings. The lowest BCUT2D eigenvalue weighted by Crippen LogP contribution is -2.34. The molecule has 0 bridgehead atoms. The van der Waals surface area contributed by atoms with Crippen molar-refractivity contribution in [2.45, 2.75) is 25.7 Å². The lowest BCUT2D eigenvalue weighted by atomic mass is 10.1. The molecule has 2 aliphatic rings. The van der Waals surface area contributed by atoms with Gasteiger partial charge in [0.05, 0.1) is 42.3 Å². The Morgan fingerprint density at radius 3 is 1.53 bits per heavy atom. The number of methoxy groups -OCH3 is 2. The molecule has 7 rings (SSSR count). The molecule has 0 heterocycles. The average molecular weight is 813 g/mol. The SMILES string of the molecule is COC(=O)c1cccc(N(CC2CC2)C(=O)c2ccccc2)c1F.COC(=O)c1cccc(NCC2CC2)c1F.O=C(Cl)c1ccccc1.O=C(O)c1ccccc1. The fraction of sp³-hybridized carbons (Fsp3) is 0.222. The number of nitrogens with zero attached hydrogens (tertiary/aromatic N) is 1. The molecule has 58 heavy (non-hydrogen) atoms. The largest absolute Gasteiger partial charge is 0.478 e. The number of rotatable bonds is 11. The number of carbonyl (C=O) groups excluding carboxylic acids is 4. The van der Waals surface area contributed by atoms with Crippen molar-refractivity contribution in [1.82, 2.24) is 0 Å². The third-order valence-corrected chi connectivity index (χ3v) is 9.00. The van der Waals surface area contributed by atoms with E-state index in [4.69, 9.17) is 16.7 Å². The van der Waals surface area contributed by atoms with Crippen molar-refractivity contribution in [3.63, 3.8) is 0 Å². The Bertz CT molecular complexity index is 2100. The minimum Gasteiger partial charge on any atom is -0.478 e. The minimum atomic E-state index is -0.879. The van der Waals surface area contributed by atoms with Crippen LogP contribution in [0.1, 0.15) is 77.5 Å². The molecule has 2 aliphatic carbocycles. The molecule has 2 N–H and O–H groups in total. The van der Waals surface area contributed by atoms with Crippen LogP contribution in [0.2, 0.25) is 0 Å². The van der Waals surface area contributed by atoms with Crippen LogP contribution < -0.4 is 10.2 Å². The molecule has 0 aliphatic heterocycles. The highest BCUT2D eigenvalue weighted by Gasteiger charge is 2.31. The summed E-state index contributed by atoms with van der Waals surface area (Å²) in [6.07, 6.45) is 4.45. The van der Waals surface area contributed by atoms with Crippen LogP contribution in [0.4, 0.5) is 20.2 Å². The molecular formula is C45H43ClF2N2O8. The number of carboxylic acid groups (broad SMARTS) is 1. The second-order valence-electron chi connectivity index (χ2n) is 13.1. The lowest BCUT2D eigenvalue weighted by Gasteiger charge is -2.24. The van der Waals surface area contributed by atoms with Gasteiger partial charge in [-0.25, -0.2) is 23.2 Å². The molecule has 10 nitrogen and oxygen atoms in total. The summed E-state index contributed by atoms with van der Waals surface area (Å²) < 4.78 is 37.7. The Kier molecular flexibility index (Phi) is 17.1. The van der Waals surface area contributed by atoms with Crippen LogP contribution in [0.3, 0.4) is 0 Å². The number of anilines is 2. The predicted molar refractivity (Wildman–Crippen MR) is 218 cm³/mol. The highest BCUT2D eigenvalue weighted by molar-refractivity contribution is 6.67. The Morgan fingerprint density at radius 2 is 1.10 bits per heavy atom. The Labute approximate surface area is 340 Å². The third kappa shape index (κ3) is 13.7. The zero-order valence-electron chi connectivity index (χ0n) is 31.9. The maximum atomic E-state index is 14.8. The number of carbonyl (C=O) groups is 5. The molecule has 0 atom stereocenters. The number of aromatic carboxylic acids is 1. The Hall–Kier alpha value is -6.40. The summed E-state index contributed by atoms with van der Waals surface area (Å²) in [6, 6.07) is 34.9. The summed E-state index contributed by atoms with van der Waals surface area (Å²) in [5, 5.41) is 11.0. The first-order chi connectivity index (χ1) is 27.9. The van der Waals surface area contributed by atoms with Gasteiger partial charge in [0.15, 0.2) is 11.6 Å². The van der Waals surface area contributed by atoms with Crippen molar-refractivity contribution in [2.75, 3.05) is 37.5 Å². The summed E-state index contributed by atoms with van der Waals surface area (Å²) in [5.74, 6) is -2.79. The first-order valence-corrected chi connectivity index (χ1v) is 18.7. The average Bonchev–Trinajstić information content (AvgIpc) is 4.21. The van der Waals surface area contributed by atoms with Crippen LogP contribution in [0.15, 0.2) is 127 Å². The van der Waals surface area contributed by atoms with Gasteiger partial charge in [-0.2, -0.15) is 0 Å². The van der Waals surface area contributed by atoms with Gasteiger partial charge in [0, 0.05) is 24.2 Å². The summed E-state index contributed by atoms with van der Waals surface area (Å²) in [6.45, 7) is 1.21. The summed E-state index contributed by atoms with van der Waals surface area (Å²) in [5.41, 5.74) is 1.64. The zero-order valence-corrected chi connectivity index (χ0v) is 32.7. The highest BCUT2D eigenvalue weighted by atomic mass is 35.5. The van der Waals surface area contributed by atoms with Gasteiger partial charge in [-0.15, -0.1) is 0 Å². The summed E-state index contributed by atoms with van der Waals surface area (Å²) in [7, 11) is 2.44. The van der Waals surface area contributed by atoms with E-state index in [9.17, 15) is 32.8 Å². The van der Waals surface area contributed by atoms with Gasteiger partial charge in [-0.05, 0) is 97.7 Å². The van der Waals surface area contributed by atoms with Crippen molar-refractivity contribution >= 4 is 52.0 Å². The van der Waals surface area contributed by atoms with Crippen molar-refractivity contribution in [1.29, 1.82) is 0 Å². The monoisotopic (exact) mass is 812 g/mol. The van der Waals surface area contributed by atoms with Crippen molar-refractivity contribution in [3.8, 4) is 0 Å². The summed E-state index contributed by atoms with van der Waals surface area (Å²) in [4.78, 5) is 57.9. The predicted octanol–water partition coefficient (Wildman–Crippen LogP) is 9.55. The smallest absolute Gasteiger partial charge is 0.340 e. The number of ether oxygens (including phenoxy) is 2. The van der Waals surface area contributed by atoms with Gasteiger partial charge in [-0.3, -0.25) is 9.59 Å². The molecule has 0 spiro atoms. The van der Waals surface area contributed by atoms with E-state index in [1.54, 1.807) is 97.1 Å². The van der Waals surface area contributed by atoms with Gasteiger partial charge in [-0.1, -0.05) is 78.9 Å². The summed E-state index contributed by atoms with van der Waals surface area (Å²) >= 11 is 5.16. The van der Waals surface area contributed by atoms with Gasteiger partial charge >= 0.3 is 17.9 Å². The molecule has 0 radical (unpaired) electrons. The number of nitrogens with one attached hydrogen (secondary N) is 1. The maximum Gasteiger partial charge on any atom is 0.340 e. The molecule has 302 valence electrons. The van der Waals surface area contributed by atoms with Crippen LogP contribution in [-0.4, -0.2) is 61.5 Å². The third-order valence-electron chi connectivity index (χ3n) is 8.78. The molecular weight excluding hydrogens is 770 g/mol. The highest BCUT2D eigenvalue weighted by Crippen LogP contribution is 2.34. The Balaban J connectivity index is 0.000000187. The number of benzene rings is 5. The van der Waals surface area contributed by atoms with Gasteiger partial charge in [0.25, 0.3) is 11.1 Å². The fourth-order valence-corrected chi connectivity index (χ4v) is 5.37. The maximum absolute atomic E-state index is 14.8. The van der Waals surface area contributed by atoms with Gasteiger partial charge in [0.1, 0.15) is 0 Å². The van der Waals surface area contributed by atoms with Gasteiger partial charge in [0.2, 0.25) is 0 Å². The molecule has 0 unspecified atom stereocenters. The normalized spacial score (nSPS) is 12.4. The van der Waals surface area contributed by atoms with Crippen LogP contribution in [0.5, 0.6) is 0 Å². The zero-order chi connectivity index (χ0) is 42.0. The van der Waals surface area contributed by atoms with Crippen LogP contribution in [-0.2, 0) is 9.47 Å². The number of esters is 2. The van der Waals surface area contributed by atoms with Crippen LogP contribution in [0, 0.1) is 23.5 Å². The van der Waals surface area contributed by atoms with Crippen LogP contribution >= 0.6 is 11.6 Å². The quantitative estimate of drug-likeness (QED) is 0.0986.